The van der Waals surface area contributed by atoms with E-state index in [1.165, 1.54) is 33.4 Å². The van der Waals surface area contributed by atoms with Gasteiger partial charge in [0.05, 0.1) is 67.8 Å². The fraction of sp³-hybridized carbons (Fsp3) is 0.0816. The van der Waals surface area contributed by atoms with Crippen LogP contribution in [0.15, 0.2) is 310 Å². The molecule has 0 saturated heterocycles. The maximum Gasteiger partial charge on any atom is 0.147 e. The molecule has 6 aliphatic heterocycles. The van der Waals surface area contributed by atoms with Gasteiger partial charge < -0.3 is 9.97 Å². The highest BCUT2D eigenvalue weighted by Gasteiger charge is 2.36. The van der Waals surface area contributed by atoms with Crippen LogP contribution in [0.25, 0.3) is 77.9 Å². The van der Waals surface area contributed by atoms with E-state index < -0.39 is 0 Å². The number of rotatable bonds is 8. The number of H-pyrrole nitrogens is 2. The van der Waals surface area contributed by atoms with Crippen LogP contribution in [0.1, 0.15) is 100 Å². The molecule has 0 aliphatic carbocycles. The number of nitrogens with zero attached hydrogens (tertiary/aromatic N) is 6. The predicted octanol–water partition coefficient (Wildman–Crippen LogP) is 17.2. The van der Waals surface area contributed by atoms with E-state index in [0.717, 1.165) is 211 Å². The van der Waals surface area contributed by atoms with Crippen LogP contribution in [-0.4, -0.2) is 30.2 Å². The van der Waals surface area contributed by atoms with E-state index in [4.69, 9.17) is 20.0 Å². The molecule has 0 atom stereocenters. The molecule has 502 valence electrons. The fourth-order valence-electron chi connectivity index (χ4n) is 16.4. The number of hydrogen-bond acceptors (Lipinski definition) is 4. The Morgan fingerprint density at radius 2 is 0.509 bits per heavy atom. The van der Waals surface area contributed by atoms with Gasteiger partial charge in [-0.25, -0.2) is 20.0 Å². The summed E-state index contributed by atoms with van der Waals surface area (Å²) in [5, 5.41) is 3.65. The Balaban J connectivity index is 0.971. The van der Waals surface area contributed by atoms with Crippen LogP contribution in [0.2, 0.25) is 0 Å². The molecule has 0 spiro atoms. The fourth-order valence-corrected chi connectivity index (χ4v) is 16.4. The van der Waals surface area contributed by atoms with Crippen LogP contribution in [0, 0.1) is 67.2 Å². The lowest BCUT2D eigenvalue weighted by molar-refractivity contribution is 1.06. The molecule has 20 rings (SSSR count). The lowest BCUT2D eigenvalue weighted by atomic mass is 9.91. The number of hydrogen-bond donors (Lipinski definition) is 2. The number of aliphatic imine (C=N–C) groups is 2. The van der Waals surface area contributed by atoms with E-state index in [2.05, 4.69) is 353 Å². The van der Waals surface area contributed by atoms with Crippen LogP contribution >= 0.6 is 0 Å². The summed E-state index contributed by atoms with van der Waals surface area (Å²) in [7, 11) is 0. The van der Waals surface area contributed by atoms with Crippen molar-refractivity contribution in [1.82, 2.24) is 18.8 Å². The SMILES string of the molecule is Cc1ccc(C2=C3C=CC(=N3)C(c3ccc(C)cc3)=c3ccc([nH]3)=C(c3ccc(C)cc3)C3=C(C#CC4=C5N=c6c4c(-c4ccc(C)cc4)c4ccc(n64)C(c4ccc(C)cc4)=C4C=CC(=N4)C(c4ccc(C)cc4)=c4ccc([nH]4)=C5c4ccc(C)cc4)c4c(-c5ccc(C)cc5)c5ccc2n5c4=N3)cc1. The Labute approximate surface area is 614 Å². The third-order valence-electron chi connectivity index (χ3n) is 21.8. The first-order chi connectivity index (χ1) is 51.8. The van der Waals surface area contributed by atoms with Crippen molar-refractivity contribution in [3.8, 4) is 34.1 Å². The summed E-state index contributed by atoms with van der Waals surface area (Å²) in [6.45, 7) is 17.2. The topological polar surface area (TPSA) is 89.8 Å². The van der Waals surface area contributed by atoms with Crippen LogP contribution < -0.4 is 32.4 Å². The van der Waals surface area contributed by atoms with Crippen molar-refractivity contribution < 1.29 is 0 Å². The largest absolute Gasteiger partial charge is 0.354 e. The molecule has 8 heteroatoms. The molecule has 0 amide bonds. The normalized spacial score (nSPS) is 14.9. The molecule has 14 aromatic rings. The summed E-state index contributed by atoms with van der Waals surface area (Å²) in [6.07, 6.45) is 8.76. The zero-order valence-electron chi connectivity index (χ0n) is 60.1. The van der Waals surface area contributed by atoms with Gasteiger partial charge in [0, 0.05) is 77.1 Å². The first-order valence-electron chi connectivity index (χ1n) is 36.4. The molecule has 0 saturated carbocycles. The quantitative estimate of drug-likeness (QED) is 0.142. The second-order valence-electron chi connectivity index (χ2n) is 29.1. The Hall–Kier alpha value is -13.5. The lowest BCUT2D eigenvalue weighted by Gasteiger charge is -2.13. The van der Waals surface area contributed by atoms with Gasteiger partial charge in [-0.2, -0.15) is 0 Å². The highest BCUT2D eigenvalue weighted by atomic mass is 15.0. The molecule has 12 bridgehead atoms. The molecule has 12 heterocycles. The molecule has 8 nitrogen and oxygen atoms in total. The van der Waals surface area contributed by atoms with E-state index in [1.807, 2.05) is 0 Å². The number of fused-ring (bicyclic) bond motifs is 8. The van der Waals surface area contributed by atoms with E-state index in [1.54, 1.807) is 0 Å². The summed E-state index contributed by atoms with van der Waals surface area (Å²) in [6, 6.07) is 89.1. The van der Waals surface area contributed by atoms with Gasteiger partial charge in [-0.3, -0.25) is 8.80 Å². The zero-order chi connectivity index (χ0) is 71.3. The van der Waals surface area contributed by atoms with Crippen molar-refractivity contribution in [3.63, 3.8) is 0 Å². The van der Waals surface area contributed by atoms with Crippen LogP contribution in [-0.2, 0) is 0 Å². The van der Waals surface area contributed by atoms with Crippen molar-refractivity contribution in [2.24, 2.45) is 20.0 Å². The zero-order valence-corrected chi connectivity index (χ0v) is 60.1. The summed E-state index contributed by atoms with van der Waals surface area (Å²) in [5.74, 6) is 8.41. The van der Waals surface area contributed by atoms with E-state index in [9.17, 15) is 0 Å². The Morgan fingerprint density at radius 1 is 0.245 bits per heavy atom. The van der Waals surface area contributed by atoms with Crippen LogP contribution in [0.5, 0.6) is 0 Å². The second kappa shape index (κ2) is 24.1. The molecular formula is C98H70N8. The second-order valence-corrected chi connectivity index (χ2v) is 29.1. The number of allylic oxidation sites excluding steroid dienone is 8. The number of benzene rings is 8. The minimum absolute atomic E-state index is 0.753. The van der Waals surface area contributed by atoms with E-state index in [-0.39, 0.29) is 0 Å². The van der Waals surface area contributed by atoms with E-state index in [0.29, 0.717) is 0 Å². The van der Waals surface area contributed by atoms with Crippen molar-refractivity contribution >= 4 is 67.0 Å². The summed E-state index contributed by atoms with van der Waals surface area (Å²) < 4.78 is 4.79. The van der Waals surface area contributed by atoms with Gasteiger partial charge in [0.25, 0.3) is 0 Å². The third-order valence-corrected chi connectivity index (χ3v) is 21.8. The van der Waals surface area contributed by atoms with Crippen molar-refractivity contribution in [3.05, 3.63) is 423 Å². The molecule has 0 unspecified atom stereocenters. The standard InChI is InChI=1S/C98H70N8/c1-55-9-25-63(26-10-55)85-73-43-47-77(99-73)87(65-29-13-57(3)14-30-65)81-51-53-83-91(69-37-21-61(7)22-38-69)93-71(95(103-97(93)105(81)83)89(79-49-45-75(85)101-79)67-33-17-59(5)18-34-67)41-42-72-94-92(70-39-23-62(8)24-40-70)84-54-52-82-88(66-31-15-58(4)16-32-66)78-48-44-74(100-78)86(64-27-11-56(2)12-28-64)76-46-50-80(102-76)90(68-35-19-60(6)20-36-68)96(72)104-98(94)106(82)84/h9-40,43-54,101-102H,1-8H3. The van der Waals surface area contributed by atoms with Crippen LogP contribution in [0.4, 0.5) is 0 Å². The average Bonchev–Trinajstić information content (AvgIpc) is 1.54. The molecule has 6 aromatic heterocycles. The third kappa shape index (κ3) is 9.99. The number of aromatic nitrogens is 4. The van der Waals surface area contributed by atoms with Gasteiger partial charge in [-0.05, 0) is 173 Å². The van der Waals surface area contributed by atoms with Gasteiger partial charge in [0.15, 0.2) is 0 Å². The molecule has 0 fully saturated rings. The van der Waals surface area contributed by atoms with Crippen molar-refractivity contribution in [2.45, 2.75) is 55.4 Å². The highest BCUT2D eigenvalue weighted by molar-refractivity contribution is 6.31. The van der Waals surface area contributed by atoms with Gasteiger partial charge in [-0.1, -0.05) is 250 Å². The molecule has 106 heavy (non-hydrogen) atoms. The Morgan fingerprint density at radius 3 is 0.811 bits per heavy atom. The summed E-state index contributed by atoms with van der Waals surface area (Å²) in [4.78, 5) is 31.9. The molecule has 0 radical (unpaired) electrons. The molecule has 6 aliphatic rings. The maximum atomic E-state index is 6.18. The van der Waals surface area contributed by atoms with Gasteiger partial charge in [-0.15, -0.1) is 0 Å². The number of aryl methyl sites for hydroxylation is 8. The summed E-state index contributed by atoms with van der Waals surface area (Å²) >= 11 is 0. The molecule has 8 aromatic carbocycles. The number of nitrogens with one attached hydrogen (secondary N) is 2. The molecular weight excluding hydrogens is 1290 g/mol. The first-order valence-corrected chi connectivity index (χ1v) is 36.4. The Kier molecular flexibility index (Phi) is 14.1. The van der Waals surface area contributed by atoms with Crippen LogP contribution in [0.3, 0.4) is 0 Å². The van der Waals surface area contributed by atoms with E-state index >= 15 is 0 Å². The van der Waals surface area contributed by atoms with Crippen molar-refractivity contribution in [2.75, 3.05) is 0 Å². The summed E-state index contributed by atoms with van der Waals surface area (Å²) in [5.41, 5.74) is 39.6. The molecule has 2 N–H and O–H groups in total. The number of aromatic amines is 2. The monoisotopic (exact) mass is 1360 g/mol. The van der Waals surface area contributed by atoms with Crippen molar-refractivity contribution in [1.29, 1.82) is 0 Å². The minimum Gasteiger partial charge on any atom is -0.354 e. The van der Waals surface area contributed by atoms with Gasteiger partial charge >= 0.3 is 0 Å². The highest BCUT2D eigenvalue weighted by Crippen LogP contribution is 2.46. The Bertz CT molecular complexity index is 6530. The predicted molar refractivity (Wildman–Crippen MR) is 433 cm³/mol. The van der Waals surface area contributed by atoms with Gasteiger partial charge in [0.2, 0.25) is 0 Å². The minimum atomic E-state index is 0.753. The lowest BCUT2D eigenvalue weighted by Crippen LogP contribution is -2.20. The van der Waals surface area contributed by atoms with Gasteiger partial charge in [0.1, 0.15) is 11.0 Å². The average molecular weight is 1360 g/mol. The first kappa shape index (κ1) is 62.3. The smallest absolute Gasteiger partial charge is 0.147 e. The maximum absolute atomic E-state index is 6.18.